The van der Waals surface area contributed by atoms with Crippen LogP contribution in [-0.2, 0) is 19.4 Å². The molecule has 1 heterocycles. The number of carbonyl (C=O) groups excluding carboxylic acids is 2. The van der Waals surface area contributed by atoms with Gasteiger partial charge in [-0.3, -0.25) is 0 Å². The van der Waals surface area contributed by atoms with E-state index in [1.165, 1.54) is 25.7 Å². The lowest BCUT2D eigenvalue weighted by molar-refractivity contribution is -0.235. The smallest absolute Gasteiger partial charge is 0.247 e. The summed E-state index contributed by atoms with van der Waals surface area (Å²) in [6.45, 7) is 0. The minimum atomic E-state index is -0.620. The molecule has 0 aromatic rings. The molecule has 0 aromatic carbocycles. The molecule has 0 spiro atoms. The molecule has 2 rings (SSSR count). The van der Waals surface area contributed by atoms with E-state index in [-0.39, 0.29) is 6.42 Å². The number of hydrogen-bond acceptors (Lipinski definition) is 4. The zero-order chi connectivity index (χ0) is 8.10. The Morgan fingerprint density at radius 3 is 1.27 bits per heavy atom. The fourth-order valence-electron chi connectivity index (χ4n) is 0.520. The van der Waals surface area contributed by atoms with Crippen molar-refractivity contribution in [2.24, 2.45) is 0 Å². The van der Waals surface area contributed by atoms with Crippen LogP contribution >= 0.6 is 0 Å². The lowest BCUT2D eigenvalue weighted by Gasteiger charge is -2.05. The third-order valence-electron chi connectivity index (χ3n) is 1.52. The van der Waals surface area contributed by atoms with E-state index < -0.39 is 11.9 Å². The Balaban J connectivity index is 0.000000128. The van der Waals surface area contributed by atoms with Crippen LogP contribution in [0, 0.1) is 0 Å². The molecule has 0 atom stereocenters. The Kier molecular flexibility index (Phi) is 2.89. The second kappa shape index (κ2) is 3.95. The fourth-order valence-corrected chi connectivity index (χ4v) is 0.520. The molecule has 0 bridgehead atoms. The Morgan fingerprint density at radius 2 is 1.18 bits per heavy atom. The fraction of sp³-hybridized carbons (Fsp3) is 0.714. The highest BCUT2D eigenvalue weighted by atomic mass is 17.2. The van der Waals surface area contributed by atoms with Crippen LogP contribution in [0.5, 0.6) is 0 Å². The van der Waals surface area contributed by atoms with Gasteiger partial charge < -0.3 is 0 Å². The standard InChI is InChI=1S/C4H8.C3H2O4/c1-2-4-3-1;4-2-1-3(5)7-6-2/h1-4H2;1H2. The van der Waals surface area contributed by atoms with Gasteiger partial charge in [-0.25, -0.2) is 19.4 Å². The van der Waals surface area contributed by atoms with Crippen molar-refractivity contribution in [1.29, 1.82) is 0 Å². The molecule has 1 aliphatic carbocycles. The summed E-state index contributed by atoms with van der Waals surface area (Å²) in [5.74, 6) is -1.24. The van der Waals surface area contributed by atoms with Crippen molar-refractivity contribution >= 4 is 11.9 Å². The van der Waals surface area contributed by atoms with Gasteiger partial charge in [-0.1, -0.05) is 25.7 Å². The predicted octanol–water partition coefficient (Wildman–Crippen LogP) is 0.952. The van der Waals surface area contributed by atoms with Crippen LogP contribution < -0.4 is 0 Å². The molecule has 0 amide bonds. The van der Waals surface area contributed by atoms with Gasteiger partial charge in [-0.05, 0) is 0 Å². The highest BCUT2D eigenvalue weighted by molar-refractivity contribution is 5.94. The number of hydrogen-bond donors (Lipinski definition) is 0. The molecule has 1 saturated carbocycles. The lowest BCUT2D eigenvalue weighted by Crippen LogP contribution is -1.90. The molecule has 62 valence electrons. The first-order valence-electron chi connectivity index (χ1n) is 3.69. The highest BCUT2D eigenvalue weighted by Gasteiger charge is 2.22. The van der Waals surface area contributed by atoms with Crippen molar-refractivity contribution in [3.8, 4) is 0 Å². The first-order chi connectivity index (χ1) is 5.29. The van der Waals surface area contributed by atoms with E-state index >= 15 is 0 Å². The topological polar surface area (TPSA) is 52.6 Å². The molecule has 2 aliphatic rings. The van der Waals surface area contributed by atoms with Gasteiger partial charge in [0.25, 0.3) is 0 Å². The summed E-state index contributed by atoms with van der Waals surface area (Å²) in [4.78, 5) is 27.3. The largest absolute Gasteiger partial charge is 0.366 e. The maximum absolute atomic E-state index is 9.89. The van der Waals surface area contributed by atoms with Crippen LogP contribution in [0.25, 0.3) is 0 Å². The second-order valence-corrected chi connectivity index (χ2v) is 2.50. The normalized spacial score (nSPS) is 20.7. The van der Waals surface area contributed by atoms with Gasteiger partial charge in [0, 0.05) is 0 Å². The van der Waals surface area contributed by atoms with E-state index in [1.54, 1.807) is 0 Å². The van der Waals surface area contributed by atoms with Crippen LogP contribution in [0.4, 0.5) is 0 Å². The van der Waals surface area contributed by atoms with Crippen molar-refractivity contribution in [3.63, 3.8) is 0 Å². The van der Waals surface area contributed by atoms with Crippen LogP contribution in [-0.4, -0.2) is 11.9 Å². The van der Waals surface area contributed by atoms with Crippen LogP contribution in [0.15, 0.2) is 0 Å². The summed E-state index contributed by atoms with van der Waals surface area (Å²) in [5.41, 5.74) is 0. The predicted molar refractivity (Wildman–Crippen MR) is 35.3 cm³/mol. The van der Waals surface area contributed by atoms with E-state index in [0.29, 0.717) is 0 Å². The summed E-state index contributed by atoms with van der Waals surface area (Å²) < 4.78 is 0. The molecule has 0 radical (unpaired) electrons. The summed E-state index contributed by atoms with van der Waals surface area (Å²) in [6, 6.07) is 0. The SMILES string of the molecule is C1CCC1.O=C1CC(=O)OO1. The van der Waals surface area contributed by atoms with Crippen LogP contribution in [0.2, 0.25) is 0 Å². The molecule has 1 aliphatic heterocycles. The molecule has 4 heteroatoms. The summed E-state index contributed by atoms with van der Waals surface area (Å²) in [5, 5.41) is 0. The molecule has 4 nitrogen and oxygen atoms in total. The highest BCUT2D eigenvalue weighted by Crippen LogP contribution is 2.15. The van der Waals surface area contributed by atoms with Gasteiger partial charge in [-0.15, -0.1) is 0 Å². The Labute approximate surface area is 64.4 Å². The monoisotopic (exact) mass is 158 g/mol. The maximum atomic E-state index is 9.89. The zero-order valence-electron chi connectivity index (χ0n) is 6.17. The van der Waals surface area contributed by atoms with Gasteiger partial charge in [-0.2, -0.15) is 0 Å². The second-order valence-electron chi connectivity index (χ2n) is 2.50. The zero-order valence-corrected chi connectivity index (χ0v) is 6.17. The van der Waals surface area contributed by atoms with Crippen molar-refractivity contribution in [1.82, 2.24) is 0 Å². The van der Waals surface area contributed by atoms with Crippen molar-refractivity contribution in [2.45, 2.75) is 32.1 Å². The third-order valence-corrected chi connectivity index (χ3v) is 1.52. The first kappa shape index (κ1) is 8.04. The molecule has 1 saturated heterocycles. The average Bonchev–Trinajstić information content (AvgIpc) is 2.09. The molecule has 11 heavy (non-hydrogen) atoms. The molecule has 2 fully saturated rings. The molecular weight excluding hydrogens is 148 g/mol. The van der Waals surface area contributed by atoms with Crippen LogP contribution in [0.3, 0.4) is 0 Å². The number of rotatable bonds is 0. The van der Waals surface area contributed by atoms with Gasteiger partial charge in [0.15, 0.2) is 6.42 Å². The van der Waals surface area contributed by atoms with E-state index in [4.69, 9.17) is 0 Å². The molecule has 0 aromatic heterocycles. The lowest BCUT2D eigenvalue weighted by atomic mass is 10.0. The first-order valence-corrected chi connectivity index (χ1v) is 3.69. The maximum Gasteiger partial charge on any atom is 0.366 e. The summed E-state index contributed by atoms with van der Waals surface area (Å²) >= 11 is 0. The van der Waals surface area contributed by atoms with E-state index in [9.17, 15) is 9.59 Å². The van der Waals surface area contributed by atoms with Crippen molar-refractivity contribution in [2.75, 3.05) is 0 Å². The molecular formula is C7H10O4. The summed E-state index contributed by atoms with van der Waals surface area (Å²) in [6.07, 6.45) is 5.75. The van der Waals surface area contributed by atoms with Gasteiger partial charge in [0.05, 0.1) is 0 Å². The Bertz CT molecular complexity index is 142. The van der Waals surface area contributed by atoms with Crippen molar-refractivity contribution in [3.05, 3.63) is 0 Å². The quantitative estimate of drug-likeness (QED) is 0.389. The van der Waals surface area contributed by atoms with Gasteiger partial charge in [0.1, 0.15) is 0 Å². The summed E-state index contributed by atoms with van der Waals surface area (Å²) in [7, 11) is 0. The number of carbonyl (C=O) groups is 2. The van der Waals surface area contributed by atoms with Gasteiger partial charge >= 0.3 is 11.9 Å². The molecule has 0 unspecified atom stereocenters. The van der Waals surface area contributed by atoms with E-state index in [1.807, 2.05) is 0 Å². The van der Waals surface area contributed by atoms with E-state index in [0.717, 1.165) is 0 Å². The minimum absolute atomic E-state index is 0.250. The van der Waals surface area contributed by atoms with Crippen molar-refractivity contribution < 1.29 is 19.4 Å². The Morgan fingerprint density at radius 1 is 0.818 bits per heavy atom. The van der Waals surface area contributed by atoms with Gasteiger partial charge in [0.2, 0.25) is 0 Å². The Hall–Kier alpha value is -1.06. The molecule has 0 N–H and O–H groups in total. The van der Waals surface area contributed by atoms with Crippen LogP contribution in [0.1, 0.15) is 32.1 Å². The van der Waals surface area contributed by atoms with E-state index in [2.05, 4.69) is 9.78 Å². The third kappa shape index (κ3) is 3.02. The average molecular weight is 158 g/mol. The minimum Gasteiger partial charge on any atom is -0.247 e.